The number of nitrogens with one attached hydrogen (secondary N) is 2. The largest absolute Gasteiger partial charge is 0.497 e. The summed E-state index contributed by atoms with van der Waals surface area (Å²) in [5, 5.41) is 6.39. The number of hydrogen-bond acceptors (Lipinski definition) is 5. The number of carbonyl (C=O) groups is 1. The fraction of sp³-hybridized carbons (Fsp3) is 0.632. The second-order valence-electron chi connectivity index (χ2n) is 6.71. The Bertz CT molecular complexity index is 538. The average Bonchev–Trinajstić information content (AvgIpc) is 2.65. The molecule has 1 aromatic carbocycles. The van der Waals surface area contributed by atoms with Gasteiger partial charge in [0.2, 0.25) is 5.91 Å². The van der Waals surface area contributed by atoms with E-state index in [1.165, 1.54) is 0 Å². The Balaban J connectivity index is 1.80. The lowest BCUT2D eigenvalue weighted by molar-refractivity contribution is -0.133. The first-order chi connectivity index (χ1) is 12.1. The van der Waals surface area contributed by atoms with Gasteiger partial charge in [-0.15, -0.1) is 0 Å². The predicted octanol–water partition coefficient (Wildman–Crippen LogP) is 1.73. The van der Waals surface area contributed by atoms with Gasteiger partial charge in [-0.25, -0.2) is 0 Å². The summed E-state index contributed by atoms with van der Waals surface area (Å²) < 4.78 is 16.3. The van der Waals surface area contributed by atoms with Crippen LogP contribution in [0.5, 0.6) is 5.75 Å². The molecule has 140 valence electrons. The zero-order valence-electron chi connectivity index (χ0n) is 15.5. The number of amides is 1. The summed E-state index contributed by atoms with van der Waals surface area (Å²) >= 11 is 0. The molecule has 0 aliphatic carbocycles. The second kappa shape index (κ2) is 9.75. The summed E-state index contributed by atoms with van der Waals surface area (Å²) in [6, 6.07) is 7.66. The Morgan fingerprint density at radius 2 is 2.08 bits per heavy atom. The van der Waals surface area contributed by atoms with Crippen LogP contribution in [0.1, 0.15) is 25.3 Å². The summed E-state index contributed by atoms with van der Waals surface area (Å²) in [6.45, 7) is 5.35. The lowest BCUT2D eigenvalue weighted by Crippen LogP contribution is -2.48. The zero-order valence-corrected chi connectivity index (χ0v) is 15.5. The molecule has 0 spiro atoms. The van der Waals surface area contributed by atoms with Crippen LogP contribution in [0.3, 0.4) is 0 Å². The molecule has 0 aromatic heterocycles. The van der Waals surface area contributed by atoms with Crippen molar-refractivity contribution in [2.75, 3.05) is 40.5 Å². The molecular formula is C19H30N2O4. The van der Waals surface area contributed by atoms with Gasteiger partial charge in [0.25, 0.3) is 0 Å². The molecule has 0 radical (unpaired) electrons. The first-order valence-electron chi connectivity index (χ1n) is 8.80. The molecule has 1 aliphatic rings. The maximum absolute atomic E-state index is 12.4. The Kier molecular flexibility index (Phi) is 7.68. The van der Waals surface area contributed by atoms with Gasteiger partial charge in [0, 0.05) is 19.1 Å². The van der Waals surface area contributed by atoms with E-state index >= 15 is 0 Å². The number of hydrogen-bond donors (Lipinski definition) is 2. The molecule has 25 heavy (non-hydrogen) atoms. The van der Waals surface area contributed by atoms with E-state index in [0.29, 0.717) is 19.8 Å². The molecule has 2 N–H and O–H groups in total. The molecule has 2 rings (SSSR count). The van der Waals surface area contributed by atoms with Crippen molar-refractivity contribution in [2.24, 2.45) is 5.41 Å². The van der Waals surface area contributed by atoms with Crippen molar-refractivity contribution in [1.29, 1.82) is 0 Å². The van der Waals surface area contributed by atoms with E-state index in [4.69, 9.17) is 14.2 Å². The minimum Gasteiger partial charge on any atom is -0.497 e. The van der Waals surface area contributed by atoms with Crippen LogP contribution in [0.15, 0.2) is 24.3 Å². The molecule has 1 aliphatic heterocycles. The zero-order chi connectivity index (χ0) is 18.1. The number of ether oxygens (including phenoxy) is 3. The van der Waals surface area contributed by atoms with Gasteiger partial charge in [-0.05, 0) is 50.6 Å². The Hall–Kier alpha value is -1.63. The topological polar surface area (TPSA) is 68.8 Å². The van der Waals surface area contributed by atoms with Crippen molar-refractivity contribution >= 4 is 5.91 Å². The van der Waals surface area contributed by atoms with E-state index in [-0.39, 0.29) is 11.3 Å². The lowest BCUT2D eigenvalue weighted by Gasteiger charge is -2.37. The molecule has 1 amide bonds. The standard InChI is InChI=1S/C19H30N2O4/c1-15(25-12-16-5-4-6-17(11-16)24-3)18(22)21-13-19(14-23-2)7-9-20-10-8-19/h4-6,11,15,20H,7-10,12-14H2,1-3H3,(H,21,22). The molecule has 1 aromatic rings. The highest BCUT2D eigenvalue weighted by atomic mass is 16.5. The first kappa shape index (κ1) is 19.7. The minimum absolute atomic E-state index is 0.0160. The molecule has 1 fully saturated rings. The van der Waals surface area contributed by atoms with Crippen LogP contribution < -0.4 is 15.4 Å². The Morgan fingerprint density at radius 1 is 1.32 bits per heavy atom. The summed E-state index contributed by atoms with van der Waals surface area (Å²) in [6.07, 6.45) is 1.49. The quantitative estimate of drug-likeness (QED) is 0.710. The van der Waals surface area contributed by atoms with E-state index < -0.39 is 6.10 Å². The van der Waals surface area contributed by atoms with Crippen LogP contribution >= 0.6 is 0 Å². The van der Waals surface area contributed by atoms with Crippen LogP contribution in [0.25, 0.3) is 0 Å². The normalized spacial score (nSPS) is 17.7. The average molecular weight is 350 g/mol. The van der Waals surface area contributed by atoms with Crippen LogP contribution in [-0.2, 0) is 20.9 Å². The smallest absolute Gasteiger partial charge is 0.248 e. The van der Waals surface area contributed by atoms with Crippen molar-refractivity contribution in [3.63, 3.8) is 0 Å². The van der Waals surface area contributed by atoms with E-state index in [9.17, 15) is 4.79 Å². The van der Waals surface area contributed by atoms with Gasteiger partial charge in [-0.3, -0.25) is 4.79 Å². The van der Waals surface area contributed by atoms with Crippen LogP contribution in [0.2, 0.25) is 0 Å². The number of rotatable bonds is 9. The van der Waals surface area contributed by atoms with E-state index in [2.05, 4.69) is 10.6 Å². The van der Waals surface area contributed by atoms with Crippen molar-refractivity contribution < 1.29 is 19.0 Å². The monoisotopic (exact) mass is 350 g/mol. The summed E-state index contributed by atoms with van der Waals surface area (Å²) in [5.74, 6) is 0.697. The number of carbonyl (C=O) groups excluding carboxylic acids is 1. The lowest BCUT2D eigenvalue weighted by atomic mass is 9.79. The van der Waals surface area contributed by atoms with Gasteiger partial charge >= 0.3 is 0 Å². The van der Waals surface area contributed by atoms with Gasteiger partial charge in [0.1, 0.15) is 11.9 Å². The number of benzene rings is 1. The second-order valence-corrected chi connectivity index (χ2v) is 6.71. The highest BCUT2D eigenvalue weighted by Gasteiger charge is 2.33. The highest BCUT2D eigenvalue weighted by Crippen LogP contribution is 2.28. The Labute approximate surface area is 150 Å². The van der Waals surface area contributed by atoms with E-state index in [1.807, 2.05) is 24.3 Å². The van der Waals surface area contributed by atoms with Crippen LogP contribution in [0, 0.1) is 5.41 Å². The Morgan fingerprint density at radius 3 is 2.76 bits per heavy atom. The third-order valence-electron chi connectivity index (χ3n) is 4.76. The summed E-state index contributed by atoms with van der Waals surface area (Å²) in [4.78, 5) is 12.4. The SMILES string of the molecule is COCC1(CNC(=O)C(C)OCc2cccc(OC)c2)CCNCC1. The van der Waals surface area contributed by atoms with Gasteiger partial charge in [-0.1, -0.05) is 12.1 Å². The molecular weight excluding hydrogens is 320 g/mol. The van der Waals surface area contributed by atoms with E-state index in [0.717, 1.165) is 37.2 Å². The molecule has 0 bridgehead atoms. The van der Waals surface area contributed by atoms with Crippen molar-refractivity contribution in [3.05, 3.63) is 29.8 Å². The molecule has 1 atom stereocenters. The fourth-order valence-electron chi connectivity index (χ4n) is 3.11. The fourth-order valence-corrected chi connectivity index (χ4v) is 3.11. The van der Waals surface area contributed by atoms with Gasteiger partial charge < -0.3 is 24.8 Å². The predicted molar refractivity (Wildman–Crippen MR) is 96.7 cm³/mol. The third-order valence-corrected chi connectivity index (χ3v) is 4.76. The van der Waals surface area contributed by atoms with Crippen LogP contribution in [-0.4, -0.2) is 52.5 Å². The number of methoxy groups -OCH3 is 2. The summed E-state index contributed by atoms with van der Waals surface area (Å²) in [5.41, 5.74) is 0.996. The first-order valence-corrected chi connectivity index (χ1v) is 8.80. The van der Waals surface area contributed by atoms with Crippen molar-refractivity contribution in [2.45, 2.75) is 32.5 Å². The molecule has 1 heterocycles. The molecule has 1 unspecified atom stereocenters. The van der Waals surface area contributed by atoms with Gasteiger partial charge in [-0.2, -0.15) is 0 Å². The molecule has 1 saturated heterocycles. The molecule has 0 saturated carbocycles. The third kappa shape index (κ3) is 5.99. The van der Waals surface area contributed by atoms with Gasteiger partial charge in [0.05, 0.1) is 20.3 Å². The van der Waals surface area contributed by atoms with Crippen LogP contribution in [0.4, 0.5) is 0 Å². The molecule has 6 heteroatoms. The van der Waals surface area contributed by atoms with Crippen molar-refractivity contribution in [3.8, 4) is 5.75 Å². The maximum atomic E-state index is 12.4. The highest BCUT2D eigenvalue weighted by molar-refractivity contribution is 5.80. The number of piperidine rings is 1. The molecule has 6 nitrogen and oxygen atoms in total. The minimum atomic E-state index is -0.507. The summed E-state index contributed by atoms with van der Waals surface area (Å²) in [7, 11) is 3.35. The van der Waals surface area contributed by atoms with Crippen molar-refractivity contribution in [1.82, 2.24) is 10.6 Å². The maximum Gasteiger partial charge on any atom is 0.248 e. The van der Waals surface area contributed by atoms with Gasteiger partial charge in [0.15, 0.2) is 0 Å². The van der Waals surface area contributed by atoms with E-state index in [1.54, 1.807) is 21.1 Å².